The van der Waals surface area contributed by atoms with E-state index >= 15 is 0 Å². The number of halogens is 1. The maximum atomic E-state index is 12.0. The molecular weight excluding hydrogens is 238 g/mol. The monoisotopic (exact) mass is 253 g/mol. The number of rotatable bonds is 3. The third-order valence-corrected chi connectivity index (χ3v) is 3.84. The molecule has 1 aromatic carbocycles. The predicted molar refractivity (Wildman–Crippen MR) is 67.5 cm³/mol. The van der Waals surface area contributed by atoms with E-state index in [1.165, 1.54) is 12.1 Å². The summed E-state index contributed by atoms with van der Waals surface area (Å²) < 4.78 is 0. The molecule has 4 heteroatoms. The number of hydrogen-bond donors (Lipinski definition) is 2. The van der Waals surface area contributed by atoms with Crippen molar-refractivity contribution in [1.82, 2.24) is 5.32 Å². The molecule has 0 bridgehead atoms. The van der Waals surface area contributed by atoms with Crippen LogP contribution in [0.2, 0.25) is 0 Å². The van der Waals surface area contributed by atoms with Gasteiger partial charge in [-0.05, 0) is 37.1 Å². The van der Waals surface area contributed by atoms with E-state index in [2.05, 4.69) is 5.32 Å². The standard InChI is InChI=1S/C13H16ClNO2/c14-9-13(7-1-2-8-13)15-12(17)10-3-5-11(16)6-4-10/h3-6,16H,1-2,7-9H2,(H,15,17). The van der Waals surface area contributed by atoms with E-state index in [1.807, 2.05) is 0 Å². The van der Waals surface area contributed by atoms with Gasteiger partial charge in [-0.25, -0.2) is 0 Å². The number of amides is 1. The highest BCUT2D eigenvalue weighted by Crippen LogP contribution is 2.31. The smallest absolute Gasteiger partial charge is 0.251 e. The van der Waals surface area contributed by atoms with Crippen LogP contribution in [-0.2, 0) is 0 Å². The number of carbonyl (C=O) groups is 1. The molecular formula is C13H16ClNO2. The third kappa shape index (κ3) is 2.72. The van der Waals surface area contributed by atoms with Gasteiger partial charge in [-0.2, -0.15) is 0 Å². The Hall–Kier alpha value is -1.22. The van der Waals surface area contributed by atoms with Crippen LogP contribution in [0.4, 0.5) is 0 Å². The molecule has 1 aliphatic rings. The number of phenolic OH excluding ortho intramolecular Hbond substituents is 1. The highest BCUT2D eigenvalue weighted by molar-refractivity contribution is 6.19. The molecule has 0 unspecified atom stereocenters. The Balaban J connectivity index is 2.08. The van der Waals surface area contributed by atoms with E-state index < -0.39 is 0 Å². The molecule has 0 heterocycles. The van der Waals surface area contributed by atoms with Crippen molar-refractivity contribution in [3.05, 3.63) is 29.8 Å². The highest BCUT2D eigenvalue weighted by atomic mass is 35.5. The van der Waals surface area contributed by atoms with Crippen molar-refractivity contribution in [2.24, 2.45) is 0 Å². The van der Waals surface area contributed by atoms with Crippen LogP contribution in [0.25, 0.3) is 0 Å². The van der Waals surface area contributed by atoms with Crippen LogP contribution in [-0.4, -0.2) is 22.4 Å². The number of phenols is 1. The van der Waals surface area contributed by atoms with Crippen LogP contribution >= 0.6 is 11.6 Å². The van der Waals surface area contributed by atoms with Gasteiger partial charge in [0.1, 0.15) is 5.75 Å². The first kappa shape index (κ1) is 12.2. The summed E-state index contributed by atoms with van der Waals surface area (Å²) in [5.74, 6) is 0.499. The van der Waals surface area contributed by atoms with Crippen LogP contribution in [0.5, 0.6) is 5.75 Å². The molecule has 3 nitrogen and oxygen atoms in total. The van der Waals surface area contributed by atoms with Gasteiger partial charge in [-0.1, -0.05) is 12.8 Å². The number of hydrogen-bond acceptors (Lipinski definition) is 2. The Labute approximate surface area is 106 Å². The Morgan fingerprint density at radius 2 is 1.88 bits per heavy atom. The lowest BCUT2D eigenvalue weighted by atomic mass is 9.99. The van der Waals surface area contributed by atoms with Crippen LogP contribution in [0.15, 0.2) is 24.3 Å². The molecule has 0 aromatic heterocycles. The molecule has 1 amide bonds. The zero-order valence-electron chi connectivity index (χ0n) is 9.58. The van der Waals surface area contributed by atoms with Gasteiger partial charge in [-0.3, -0.25) is 4.79 Å². The summed E-state index contributed by atoms with van der Waals surface area (Å²) in [5, 5.41) is 12.2. The minimum atomic E-state index is -0.240. The predicted octanol–water partition coefficient (Wildman–Crippen LogP) is 2.67. The Kier molecular flexibility index (Phi) is 3.57. The fourth-order valence-electron chi connectivity index (χ4n) is 2.27. The average molecular weight is 254 g/mol. The fourth-order valence-corrected chi connectivity index (χ4v) is 2.60. The normalized spacial score (nSPS) is 17.9. The number of aromatic hydroxyl groups is 1. The first-order valence-corrected chi connectivity index (χ1v) is 6.36. The molecule has 92 valence electrons. The largest absolute Gasteiger partial charge is 0.508 e. The van der Waals surface area contributed by atoms with E-state index in [0.29, 0.717) is 11.4 Å². The summed E-state index contributed by atoms with van der Waals surface area (Å²) >= 11 is 5.97. The number of benzene rings is 1. The van der Waals surface area contributed by atoms with Gasteiger partial charge in [0.2, 0.25) is 0 Å². The van der Waals surface area contributed by atoms with Crippen molar-refractivity contribution in [3.8, 4) is 5.75 Å². The first-order chi connectivity index (χ1) is 8.15. The lowest BCUT2D eigenvalue weighted by molar-refractivity contribution is 0.0909. The molecule has 1 aliphatic carbocycles. The van der Waals surface area contributed by atoms with Crippen LogP contribution in [0.1, 0.15) is 36.0 Å². The molecule has 1 saturated carbocycles. The average Bonchev–Trinajstić information content (AvgIpc) is 2.79. The number of carbonyl (C=O) groups excluding carboxylic acids is 1. The van der Waals surface area contributed by atoms with E-state index in [0.717, 1.165) is 25.7 Å². The number of nitrogens with one attached hydrogen (secondary N) is 1. The van der Waals surface area contributed by atoms with Gasteiger partial charge in [0, 0.05) is 11.4 Å². The molecule has 0 radical (unpaired) electrons. The highest BCUT2D eigenvalue weighted by Gasteiger charge is 2.34. The zero-order valence-corrected chi connectivity index (χ0v) is 10.3. The van der Waals surface area contributed by atoms with Crippen molar-refractivity contribution in [3.63, 3.8) is 0 Å². The molecule has 0 saturated heterocycles. The fraction of sp³-hybridized carbons (Fsp3) is 0.462. The Bertz CT molecular complexity index is 396. The molecule has 0 spiro atoms. The maximum Gasteiger partial charge on any atom is 0.251 e. The van der Waals surface area contributed by atoms with Gasteiger partial charge in [0.05, 0.1) is 5.54 Å². The maximum absolute atomic E-state index is 12.0. The van der Waals surface area contributed by atoms with Crippen molar-refractivity contribution >= 4 is 17.5 Å². The van der Waals surface area contributed by atoms with Gasteiger partial charge >= 0.3 is 0 Å². The van der Waals surface area contributed by atoms with Crippen LogP contribution in [0.3, 0.4) is 0 Å². The van der Waals surface area contributed by atoms with Crippen LogP contribution in [0, 0.1) is 0 Å². The molecule has 1 fully saturated rings. The Morgan fingerprint density at radius 1 is 1.29 bits per heavy atom. The van der Waals surface area contributed by atoms with E-state index in [-0.39, 0.29) is 17.2 Å². The summed E-state index contributed by atoms with van der Waals surface area (Å²) in [7, 11) is 0. The second-order valence-corrected chi connectivity index (χ2v) is 4.89. The SMILES string of the molecule is O=C(NC1(CCl)CCCC1)c1ccc(O)cc1. The van der Waals surface area contributed by atoms with E-state index in [9.17, 15) is 4.79 Å². The van der Waals surface area contributed by atoms with E-state index in [1.54, 1.807) is 12.1 Å². The zero-order chi connectivity index (χ0) is 12.3. The summed E-state index contributed by atoms with van der Waals surface area (Å²) in [6.07, 6.45) is 4.12. The van der Waals surface area contributed by atoms with Crippen molar-refractivity contribution in [1.29, 1.82) is 0 Å². The Morgan fingerprint density at radius 3 is 2.41 bits per heavy atom. The summed E-state index contributed by atoms with van der Waals surface area (Å²) in [6.45, 7) is 0. The van der Waals surface area contributed by atoms with Crippen LogP contribution < -0.4 is 5.32 Å². The second kappa shape index (κ2) is 4.96. The lowest BCUT2D eigenvalue weighted by Gasteiger charge is -2.27. The van der Waals surface area contributed by atoms with Crippen molar-refractivity contribution < 1.29 is 9.90 Å². The topological polar surface area (TPSA) is 49.3 Å². The number of alkyl halides is 1. The van der Waals surface area contributed by atoms with Crippen molar-refractivity contribution in [2.75, 3.05) is 5.88 Å². The molecule has 17 heavy (non-hydrogen) atoms. The molecule has 2 N–H and O–H groups in total. The minimum Gasteiger partial charge on any atom is -0.508 e. The lowest BCUT2D eigenvalue weighted by Crippen LogP contribution is -2.47. The van der Waals surface area contributed by atoms with Crippen molar-refractivity contribution in [2.45, 2.75) is 31.2 Å². The second-order valence-electron chi connectivity index (χ2n) is 4.62. The molecule has 0 atom stereocenters. The summed E-state index contributed by atoms with van der Waals surface area (Å²) in [4.78, 5) is 12.0. The molecule has 1 aromatic rings. The van der Waals surface area contributed by atoms with Gasteiger partial charge in [-0.15, -0.1) is 11.6 Å². The summed E-state index contributed by atoms with van der Waals surface area (Å²) in [6, 6.07) is 6.25. The van der Waals surface area contributed by atoms with Gasteiger partial charge in [0.25, 0.3) is 5.91 Å². The minimum absolute atomic E-state index is 0.118. The first-order valence-electron chi connectivity index (χ1n) is 5.83. The summed E-state index contributed by atoms with van der Waals surface area (Å²) in [5.41, 5.74) is 0.315. The van der Waals surface area contributed by atoms with Gasteiger partial charge in [0.15, 0.2) is 0 Å². The van der Waals surface area contributed by atoms with E-state index in [4.69, 9.17) is 16.7 Å². The third-order valence-electron chi connectivity index (χ3n) is 3.32. The molecule has 0 aliphatic heterocycles. The quantitative estimate of drug-likeness (QED) is 0.814. The molecule has 2 rings (SSSR count). The van der Waals surface area contributed by atoms with Gasteiger partial charge < -0.3 is 10.4 Å².